The smallest absolute Gasteiger partial charge is 0.335 e. The van der Waals surface area contributed by atoms with Crippen molar-refractivity contribution in [1.29, 1.82) is 0 Å². The van der Waals surface area contributed by atoms with Crippen LogP contribution in [0, 0.1) is 0 Å². The number of aliphatic hydroxyl groups excluding tert-OH is 2. The lowest BCUT2D eigenvalue weighted by Gasteiger charge is -2.20. The normalized spacial score (nSPS) is 11.1. The van der Waals surface area contributed by atoms with Gasteiger partial charge in [0, 0.05) is 52.8 Å². The van der Waals surface area contributed by atoms with Gasteiger partial charge in [0.05, 0.1) is 53.8 Å². The van der Waals surface area contributed by atoms with E-state index in [1.54, 1.807) is 200 Å². The number of carbonyl (C=O) groups is 2. The summed E-state index contributed by atoms with van der Waals surface area (Å²) in [6.07, 6.45) is 0. The summed E-state index contributed by atoms with van der Waals surface area (Å²) in [6.45, 7) is -0.261. The number of nitrogen functional groups attached to an aromatic ring is 3. The molecule has 490 valence electrons. The minimum absolute atomic E-state index is 0.0151. The Morgan fingerprint density at radius 1 is 0.319 bits per heavy atom. The third kappa shape index (κ3) is 22.4. The number of carboxylic acids is 1. The second kappa shape index (κ2) is 34.2. The zero-order chi connectivity index (χ0) is 68.4. The molecule has 28 heteroatoms. The number of aliphatic hydroxyl groups is 2. The molecule has 0 heterocycles. The lowest BCUT2D eigenvalue weighted by molar-refractivity contribution is 0.0681. The first kappa shape index (κ1) is 72.5. The number of sulfonamides is 4. The van der Waals surface area contributed by atoms with Crippen LogP contribution < -0.4 is 36.1 Å². The Balaban J connectivity index is 0.000000188. The van der Waals surface area contributed by atoms with Crippen molar-refractivity contribution < 1.29 is 67.0 Å². The van der Waals surface area contributed by atoms with E-state index in [0.29, 0.717) is 44.7 Å². The summed E-state index contributed by atoms with van der Waals surface area (Å²) in [5, 5.41) is 26.7. The van der Waals surface area contributed by atoms with Crippen LogP contribution in [-0.4, -0.2) is 100 Å². The Labute approximate surface area is 546 Å². The fourth-order valence-electron chi connectivity index (χ4n) is 7.90. The maximum Gasteiger partial charge on any atom is 0.335 e. The lowest BCUT2D eigenvalue weighted by atomic mass is 10.2. The minimum atomic E-state index is -3.75. The number of carboxylic acid groups (broad SMARTS) is 1. The van der Waals surface area contributed by atoms with Crippen molar-refractivity contribution in [3.05, 3.63) is 284 Å². The maximum absolute atomic E-state index is 12.3. The van der Waals surface area contributed by atoms with Crippen molar-refractivity contribution >= 4 is 102 Å². The Morgan fingerprint density at radius 3 is 0.968 bits per heavy atom. The molecule has 0 aliphatic carbocycles. The molecule has 0 aliphatic rings. The van der Waals surface area contributed by atoms with Gasteiger partial charge in [-0.1, -0.05) is 97.1 Å². The second-order valence-electron chi connectivity index (χ2n) is 19.5. The van der Waals surface area contributed by atoms with E-state index in [2.05, 4.69) is 18.9 Å². The van der Waals surface area contributed by atoms with E-state index in [1.807, 2.05) is 0 Å². The van der Waals surface area contributed by atoms with Crippen LogP contribution in [0.2, 0.25) is 0 Å². The number of nitrogens with zero attached hydrogens (tertiary/aromatic N) is 1. The molecule has 0 radical (unpaired) electrons. The molecule has 13 N–H and O–H groups in total. The van der Waals surface area contributed by atoms with Gasteiger partial charge in [0.15, 0.2) is 0 Å². The van der Waals surface area contributed by atoms with Crippen molar-refractivity contribution in [1.82, 2.24) is 4.90 Å². The molecule has 10 aromatic carbocycles. The number of sulfone groups is 1. The molecule has 0 spiro atoms. The quantitative estimate of drug-likeness (QED) is 0.0317. The topological polar surface area (TPSA) is 395 Å². The molecular formula is C66H66N8O15S5. The molecule has 0 unspecified atom stereocenters. The van der Waals surface area contributed by atoms with Gasteiger partial charge in [0.2, 0.25) is 9.84 Å². The van der Waals surface area contributed by atoms with Crippen LogP contribution in [0.5, 0.6) is 0 Å². The van der Waals surface area contributed by atoms with Gasteiger partial charge in [-0.05, 0) is 176 Å². The van der Waals surface area contributed by atoms with Gasteiger partial charge in [-0.3, -0.25) is 23.7 Å². The van der Waals surface area contributed by atoms with Crippen LogP contribution >= 0.6 is 0 Å². The first-order valence-corrected chi connectivity index (χ1v) is 35.3. The Kier molecular flexibility index (Phi) is 26.4. The lowest BCUT2D eigenvalue weighted by Crippen LogP contribution is -2.35. The summed E-state index contributed by atoms with van der Waals surface area (Å²) in [6, 6.07) is 71.5. The molecule has 0 aromatic heterocycles. The van der Waals surface area contributed by atoms with E-state index in [0.717, 1.165) is 0 Å². The van der Waals surface area contributed by atoms with Crippen molar-refractivity contribution in [3.63, 3.8) is 0 Å². The molecule has 10 aromatic rings. The highest BCUT2D eigenvalue weighted by Gasteiger charge is 2.21. The van der Waals surface area contributed by atoms with E-state index < -0.39 is 55.9 Å². The number of nitrogens with two attached hydrogens (primary N) is 3. The predicted octanol–water partition coefficient (Wildman–Crippen LogP) is 9.34. The number of anilines is 7. The van der Waals surface area contributed by atoms with Gasteiger partial charge in [0.25, 0.3) is 46.0 Å². The first-order chi connectivity index (χ1) is 44.7. The van der Waals surface area contributed by atoms with Crippen molar-refractivity contribution in [3.8, 4) is 0 Å². The Morgan fingerprint density at radius 2 is 0.606 bits per heavy atom. The van der Waals surface area contributed by atoms with Crippen molar-refractivity contribution in [2.45, 2.75) is 29.4 Å². The van der Waals surface area contributed by atoms with E-state index in [4.69, 9.17) is 32.5 Å². The molecule has 0 saturated carbocycles. The number of benzene rings is 10. The Hall–Kier alpha value is -10.6. The number of hydrogen-bond donors (Lipinski definition) is 10. The highest BCUT2D eigenvalue weighted by molar-refractivity contribution is 7.93. The van der Waals surface area contributed by atoms with Crippen LogP contribution in [0.1, 0.15) is 20.7 Å². The van der Waals surface area contributed by atoms with E-state index >= 15 is 0 Å². The van der Waals surface area contributed by atoms with Gasteiger partial charge in [-0.15, -0.1) is 0 Å². The number of para-hydroxylation sites is 2. The number of rotatable bonds is 20. The van der Waals surface area contributed by atoms with E-state index in [-0.39, 0.29) is 67.8 Å². The summed E-state index contributed by atoms with van der Waals surface area (Å²) in [7, 11) is -17.9. The molecule has 1 amide bonds. The van der Waals surface area contributed by atoms with Crippen LogP contribution in [0.25, 0.3) is 0 Å². The summed E-state index contributed by atoms with van der Waals surface area (Å²) in [4.78, 5) is 25.4. The monoisotopic (exact) mass is 1370 g/mol. The number of carbonyl (C=O) groups excluding carboxylic acids is 1. The van der Waals surface area contributed by atoms with Gasteiger partial charge in [-0.2, -0.15) is 0 Å². The van der Waals surface area contributed by atoms with E-state index in [1.165, 1.54) is 77.7 Å². The predicted molar refractivity (Wildman–Crippen MR) is 363 cm³/mol. The number of amides is 1. The van der Waals surface area contributed by atoms with Crippen LogP contribution in [0.15, 0.2) is 302 Å². The van der Waals surface area contributed by atoms with Crippen LogP contribution in [0.3, 0.4) is 0 Å². The number of nitrogens with one attached hydrogen (secondary N) is 4. The number of aromatic carboxylic acids is 1. The van der Waals surface area contributed by atoms with Gasteiger partial charge >= 0.3 is 5.97 Å². The molecule has 23 nitrogen and oxygen atoms in total. The third-order valence-corrected chi connectivity index (χ3v) is 19.9. The fraction of sp³-hybridized carbons (Fsp3) is 0.0606. The molecular weight excluding hydrogens is 1310 g/mol. The summed E-state index contributed by atoms with van der Waals surface area (Å²) in [5.74, 6) is -1.48. The van der Waals surface area contributed by atoms with Gasteiger partial charge in [-0.25, -0.2) is 46.9 Å². The zero-order valence-corrected chi connectivity index (χ0v) is 53.9. The molecule has 0 saturated heterocycles. The highest BCUT2D eigenvalue weighted by Crippen LogP contribution is 2.24. The summed E-state index contributed by atoms with van der Waals surface area (Å²) >= 11 is 0. The SMILES string of the molecule is Nc1ccc(NS(=O)(=O)c2ccccc2)cc1.Nc1ccc(S(=O)(=O)c2ccccc2)cc1.Nc1cccc(NS(=O)(=O)c2ccccc2)c1.O=C(O)c1ccc(S(=O)(=O)Nc2ccccc2)cc1.O=C(c1ccc(S(=O)(=O)Nc2ccccc2)cc1)N(CCO)CCO. The zero-order valence-electron chi connectivity index (χ0n) is 49.8. The van der Waals surface area contributed by atoms with Crippen LogP contribution in [-0.2, 0) is 49.9 Å². The second-order valence-corrected chi connectivity index (χ2v) is 28.2. The van der Waals surface area contributed by atoms with Crippen molar-refractivity contribution in [2.24, 2.45) is 0 Å². The minimum Gasteiger partial charge on any atom is -0.478 e. The molecule has 10 rings (SSSR count). The Bertz CT molecular complexity index is 4630. The van der Waals surface area contributed by atoms with Crippen molar-refractivity contribution in [2.75, 3.05) is 62.4 Å². The molecule has 0 fully saturated rings. The molecule has 0 aliphatic heterocycles. The standard InChI is InChI=1S/C17H20N2O5S.C13H11NO4S.2C12H12N2O2S.C12H11NO2S/c20-12-10-19(11-13-21)17(22)14-6-8-16(9-7-14)25(23,24)18-15-4-2-1-3-5-15;15-13(16)10-6-8-12(9-7-10)19(17,18)14-11-4-2-1-3-5-11;13-10-5-4-6-11(9-10)14-17(15,16)12-7-2-1-3-8-12;13-10-6-8-11(9-7-10)14-17(15,16)12-4-2-1-3-5-12;13-10-6-8-12(9-7-10)16(14,15)11-4-2-1-3-5-11/h1-9,18,20-21H,10-13H2;1-9,14H,(H,15,16);2*1-9,14H,13H2;1-9H,13H2. The largest absolute Gasteiger partial charge is 0.478 e. The average Bonchev–Trinajstić information content (AvgIpc) is 0.851. The maximum atomic E-state index is 12.3. The van der Waals surface area contributed by atoms with Gasteiger partial charge in [0.1, 0.15) is 0 Å². The molecule has 94 heavy (non-hydrogen) atoms. The highest BCUT2D eigenvalue weighted by atomic mass is 32.2. The number of hydrogen-bond acceptors (Lipinski definition) is 17. The fourth-order valence-corrected chi connectivity index (χ4v) is 13.4. The third-order valence-electron chi connectivity index (χ3n) is 12.6. The first-order valence-electron chi connectivity index (χ1n) is 27.9. The summed E-state index contributed by atoms with van der Waals surface area (Å²) in [5.41, 5.74) is 20.4. The van der Waals surface area contributed by atoms with Gasteiger partial charge < -0.3 is 37.4 Å². The van der Waals surface area contributed by atoms with E-state index in [9.17, 15) is 51.7 Å². The summed E-state index contributed by atoms with van der Waals surface area (Å²) < 4.78 is 131. The van der Waals surface area contributed by atoms with Crippen LogP contribution in [0.4, 0.5) is 39.8 Å². The molecule has 0 bridgehead atoms. The average molecular weight is 1370 g/mol. The molecule has 0 atom stereocenters.